The van der Waals surface area contributed by atoms with Crippen LogP contribution in [0.1, 0.15) is 6.42 Å². The monoisotopic (exact) mass is 220 g/mol. The molecule has 0 nitrogen and oxygen atoms in total. The predicted octanol–water partition coefficient (Wildman–Crippen LogP) is 3.90. The van der Waals surface area contributed by atoms with Crippen molar-refractivity contribution >= 4 is 0 Å². The average molecular weight is 220 g/mol. The van der Waals surface area contributed by atoms with Crippen molar-refractivity contribution in [1.29, 1.82) is 0 Å². The van der Waals surface area contributed by atoms with Gasteiger partial charge in [-0.05, 0) is 0 Å². The molecule has 1 unspecified atom stereocenters. The zero-order chi connectivity index (χ0) is 11.7. The maximum absolute atomic E-state index is 11.4. The van der Waals surface area contributed by atoms with E-state index in [2.05, 4.69) is 13.2 Å². The van der Waals surface area contributed by atoms with E-state index in [1.165, 1.54) is 0 Å². The summed E-state index contributed by atoms with van der Waals surface area (Å²) in [4.78, 5) is 0. The van der Waals surface area contributed by atoms with Crippen molar-refractivity contribution in [3.8, 4) is 0 Å². The average Bonchev–Trinajstić information content (AvgIpc) is 2.01. The van der Waals surface area contributed by atoms with Crippen molar-refractivity contribution in [2.75, 3.05) is 6.67 Å². The normalized spacial score (nSPS) is 11.6. The van der Waals surface area contributed by atoms with Crippen molar-refractivity contribution in [2.45, 2.75) is 19.0 Å². The summed E-state index contributed by atoms with van der Waals surface area (Å²) in [6, 6.07) is 0. The van der Waals surface area contributed by atoms with E-state index in [0.29, 0.717) is 0 Å². The highest BCUT2D eigenvalue weighted by molar-refractivity contribution is 4.89. The van der Waals surface area contributed by atoms with Crippen LogP contribution in [0.2, 0.25) is 0 Å². The highest BCUT2D eigenvalue weighted by Crippen LogP contribution is 2.07. The molecule has 0 aliphatic rings. The Balaban J connectivity index is 0. The molecule has 0 saturated carbocycles. The number of hydrogen-bond donors (Lipinski definition) is 0. The van der Waals surface area contributed by atoms with Crippen LogP contribution in [0.5, 0.6) is 0 Å². The molecule has 0 rings (SSSR count). The SMILES string of the molecule is C=C(F)C(F)CF.C=C(F)CC(F)F. The lowest BCUT2D eigenvalue weighted by molar-refractivity contribution is 0.141. The number of allylic oxidation sites excluding steroid dienone is 2. The van der Waals surface area contributed by atoms with E-state index in [1.807, 2.05) is 0 Å². The minimum absolute atomic E-state index is 0.833. The van der Waals surface area contributed by atoms with E-state index < -0.39 is 37.3 Å². The second-order valence-electron chi connectivity index (χ2n) is 2.18. The molecular weight excluding hydrogens is 210 g/mol. The van der Waals surface area contributed by atoms with Crippen molar-refractivity contribution in [3.05, 3.63) is 24.8 Å². The molecule has 0 saturated heterocycles. The van der Waals surface area contributed by atoms with Gasteiger partial charge >= 0.3 is 0 Å². The van der Waals surface area contributed by atoms with Crippen LogP contribution in [0.15, 0.2) is 24.8 Å². The lowest BCUT2D eigenvalue weighted by Crippen LogP contribution is -2.00. The minimum atomic E-state index is -2.60. The van der Waals surface area contributed by atoms with Crippen LogP contribution >= 0.6 is 0 Å². The van der Waals surface area contributed by atoms with Crippen LogP contribution < -0.4 is 0 Å². The molecule has 0 fully saturated rings. The Kier molecular flexibility index (Phi) is 9.59. The zero-order valence-electron chi connectivity index (χ0n) is 7.25. The van der Waals surface area contributed by atoms with Crippen LogP contribution in [0, 0.1) is 0 Å². The second kappa shape index (κ2) is 8.65. The molecule has 0 spiro atoms. The van der Waals surface area contributed by atoms with Gasteiger partial charge in [-0.15, -0.1) is 0 Å². The Morgan fingerprint density at radius 1 is 1.07 bits per heavy atom. The minimum Gasteiger partial charge on any atom is -0.247 e. The molecule has 0 radical (unpaired) electrons. The number of hydrogen-bond acceptors (Lipinski definition) is 0. The van der Waals surface area contributed by atoms with Gasteiger partial charge in [0, 0.05) is 0 Å². The van der Waals surface area contributed by atoms with Gasteiger partial charge in [0.15, 0.2) is 6.17 Å². The molecule has 0 bridgehead atoms. The molecule has 0 heterocycles. The topological polar surface area (TPSA) is 0 Å². The highest BCUT2D eigenvalue weighted by Gasteiger charge is 2.07. The van der Waals surface area contributed by atoms with Gasteiger partial charge in [0.25, 0.3) is 0 Å². The third-order valence-electron chi connectivity index (χ3n) is 0.851. The smallest absolute Gasteiger partial charge is 0.244 e. The molecule has 14 heavy (non-hydrogen) atoms. The predicted molar refractivity (Wildman–Crippen MR) is 42.0 cm³/mol. The lowest BCUT2D eigenvalue weighted by atomic mass is 10.4. The highest BCUT2D eigenvalue weighted by atomic mass is 19.3. The first-order chi connectivity index (χ1) is 6.31. The molecule has 0 aromatic carbocycles. The largest absolute Gasteiger partial charge is 0.247 e. The molecule has 0 aliphatic heterocycles. The van der Waals surface area contributed by atoms with Crippen molar-refractivity contribution in [2.24, 2.45) is 0 Å². The van der Waals surface area contributed by atoms with Gasteiger partial charge in [-0.1, -0.05) is 13.2 Å². The first-order valence-corrected chi connectivity index (χ1v) is 3.47. The maximum atomic E-state index is 11.4. The molecule has 0 N–H and O–H groups in total. The summed E-state index contributed by atoms with van der Waals surface area (Å²) in [6.07, 6.45) is -5.56. The molecule has 6 heteroatoms. The second-order valence-corrected chi connectivity index (χ2v) is 2.18. The van der Waals surface area contributed by atoms with Gasteiger partial charge in [0.05, 0.1) is 12.2 Å². The van der Waals surface area contributed by atoms with Crippen LogP contribution in [0.25, 0.3) is 0 Å². The quantitative estimate of drug-likeness (QED) is 0.630. The summed E-state index contributed by atoms with van der Waals surface area (Å²) < 4.78 is 66.9. The molecule has 0 aromatic heterocycles. The number of alkyl halides is 4. The fraction of sp³-hybridized carbons (Fsp3) is 0.500. The van der Waals surface area contributed by atoms with Crippen LogP contribution in [0.3, 0.4) is 0 Å². The van der Waals surface area contributed by atoms with E-state index in [0.717, 1.165) is 0 Å². The summed E-state index contributed by atoms with van der Waals surface area (Å²) >= 11 is 0. The summed E-state index contributed by atoms with van der Waals surface area (Å²) in [5.41, 5.74) is 0. The van der Waals surface area contributed by atoms with E-state index in [4.69, 9.17) is 0 Å². The third-order valence-corrected chi connectivity index (χ3v) is 0.851. The van der Waals surface area contributed by atoms with Crippen LogP contribution in [-0.2, 0) is 0 Å². The van der Waals surface area contributed by atoms with E-state index >= 15 is 0 Å². The van der Waals surface area contributed by atoms with Gasteiger partial charge in [0.2, 0.25) is 6.43 Å². The molecule has 0 amide bonds. The van der Waals surface area contributed by atoms with Crippen molar-refractivity contribution < 1.29 is 26.3 Å². The lowest BCUT2D eigenvalue weighted by Gasteiger charge is -1.93. The first-order valence-electron chi connectivity index (χ1n) is 3.47. The van der Waals surface area contributed by atoms with Gasteiger partial charge in [-0.2, -0.15) is 0 Å². The van der Waals surface area contributed by atoms with Crippen molar-refractivity contribution in [3.63, 3.8) is 0 Å². The summed E-state index contributed by atoms with van der Waals surface area (Å²) in [6.45, 7) is 3.87. The Bertz CT molecular complexity index is 177. The number of rotatable bonds is 4. The maximum Gasteiger partial charge on any atom is 0.244 e. The summed E-state index contributed by atoms with van der Waals surface area (Å²) in [7, 11) is 0. The standard InChI is InChI=1S/2C4H5F3/c1-3(6)4(7)2-5;1-3(5)2-4(6)7/h2*4H,1-2H2. The van der Waals surface area contributed by atoms with Gasteiger partial charge in [-0.3, -0.25) is 0 Å². The molecular formula is C8H10F6. The van der Waals surface area contributed by atoms with Gasteiger partial charge in [-0.25, -0.2) is 26.3 Å². The van der Waals surface area contributed by atoms with Gasteiger partial charge < -0.3 is 0 Å². The zero-order valence-corrected chi connectivity index (χ0v) is 7.25. The summed E-state index contributed by atoms with van der Waals surface area (Å²) in [5.74, 6) is -2.21. The molecule has 0 aromatic rings. The number of halogens is 6. The Morgan fingerprint density at radius 2 is 1.50 bits per heavy atom. The van der Waals surface area contributed by atoms with Gasteiger partial charge in [0.1, 0.15) is 12.5 Å². The first kappa shape index (κ1) is 15.5. The molecule has 1 atom stereocenters. The van der Waals surface area contributed by atoms with E-state index in [1.54, 1.807) is 0 Å². The van der Waals surface area contributed by atoms with E-state index in [-0.39, 0.29) is 0 Å². The summed E-state index contributed by atoms with van der Waals surface area (Å²) in [5, 5.41) is 0. The van der Waals surface area contributed by atoms with Crippen LogP contribution in [0.4, 0.5) is 26.3 Å². The fourth-order valence-electron chi connectivity index (χ4n) is 0.251. The van der Waals surface area contributed by atoms with Crippen LogP contribution in [-0.4, -0.2) is 19.3 Å². The molecule has 84 valence electrons. The third kappa shape index (κ3) is 13.6. The Morgan fingerprint density at radius 3 is 1.50 bits per heavy atom. The van der Waals surface area contributed by atoms with E-state index in [9.17, 15) is 26.3 Å². The molecule has 0 aliphatic carbocycles. The Hall–Kier alpha value is -0.940. The fourth-order valence-corrected chi connectivity index (χ4v) is 0.251. The Labute approximate surface area is 77.9 Å². The van der Waals surface area contributed by atoms with Crippen molar-refractivity contribution in [1.82, 2.24) is 0 Å².